The highest BCUT2D eigenvalue weighted by Crippen LogP contribution is 2.34. The molecule has 4 aromatic rings. The molecule has 8 atom stereocenters. The van der Waals surface area contributed by atoms with Gasteiger partial charge in [0.15, 0.2) is 6.39 Å². The maximum absolute atomic E-state index is 9.64. The lowest BCUT2D eigenvalue weighted by molar-refractivity contribution is 0.0687. The number of rotatable bonds is 36. The summed E-state index contributed by atoms with van der Waals surface area (Å²) >= 11 is 1.80. The van der Waals surface area contributed by atoms with E-state index in [0.29, 0.717) is 102 Å². The van der Waals surface area contributed by atoms with Gasteiger partial charge >= 0.3 is 0 Å². The first-order valence-corrected chi connectivity index (χ1v) is 57.2. The first-order valence-electron chi connectivity index (χ1n) is 56.4. The fourth-order valence-corrected chi connectivity index (χ4v) is 19.3. The van der Waals surface area contributed by atoms with Gasteiger partial charge in [-0.15, -0.1) is 11.3 Å². The molecule has 8 unspecified atom stereocenters. The fraction of sp³-hybridized carbons (Fsp3) is 0.877. The van der Waals surface area contributed by atoms with E-state index in [1.54, 1.807) is 36.3 Å². The minimum Gasteiger partial charge on any atom is -0.468 e. The Kier molecular flexibility index (Phi) is 79.7. The molecule has 4 aromatic heterocycles. The summed E-state index contributed by atoms with van der Waals surface area (Å²) in [7, 11) is 0. The lowest BCUT2D eigenvalue weighted by Crippen LogP contribution is -2.49. The molecule has 8 fully saturated rings. The van der Waals surface area contributed by atoms with E-state index in [0.717, 1.165) is 138 Å². The fourth-order valence-electron chi connectivity index (χ4n) is 18.6. The zero-order valence-corrected chi connectivity index (χ0v) is 94.8. The van der Waals surface area contributed by atoms with Crippen LogP contribution < -0.4 is 75.3 Å². The molecule has 0 aliphatic heterocycles. The van der Waals surface area contributed by atoms with Crippen LogP contribution in [0, 0.1) is 53.3 Å². The standard InChI is InChI=1S/C12H25N.2C11H23N.2C10H22N2.3C10H21NO.C8H13NO.C8H13NS.C7H13N3.C7H12N2O/c1-10(2)13-12(3,4)11-8-6-5-7-9-11;1-9(2)12-8-11-7-5-4-6-10(11)3;1-10(2)12-9-11-7-5-3-4-6-8-11;1-8(2)12-7-9-3-5-10(11)6-4-9;1-8(2)12-7-9-4-3-5-10(11)6-9;1-8(2)11-7-9-3-5-10(12)6-4-9;1-8(2)11-7-9-4-3-5-10(12)6-9;1-8(2)11-7-9-5-3-4-6-10(9)12;2*1-7(2)9-6-8-4-3-5-10-8;1-7(2)9-6-10-4-3-8-5-10;1-6(2)9-4-7-3-8-5-10-7/h10-11,13H,5-9H2,1-4H3;9-12H,4-8H2,1-3H3;10-12H,3-9H2,1-2H3;2*8-10,12H,3-7,11H2,1-2H3;3*8-12H,3-7H2,1-2H3;3*3-5,7,9H,6H2,1-2H3;3,5-6,9H,4H2,1-2H3. The largest absolute Gasteiger partial charge is 0.468 e. The van der Waals surface area contributed by atoms with Gasteiger partial charge < -0.3 is 98.7 Å². The van der Waals surface area contributed by atoms with Crippen molar-refractivity contribution in [1.82, 2.24) is 78.3 Å². The summed E-state index contributed by atoms with van der Waals surface area (Å²) in [6, 6.07) is 16.1. The topological polar surface area (TPSA) is 314 Å². The van der Waals surface area contributed by atoms with Gasteiger partial charge in [-0.3, -0.25) is 5.32 Å². The van der Waals surface area contributed by atoms with Crippen molar-refractivity contribution in [2.75, 3.05) is 45.8 Å². The van der Waals surface area contributed by atoms with Crippen LogP contribution in [0.2, 0.25) is 0 Å². The number of hydrogen-bond donors (Lipinski definition) is 17. The summed E-state index contributed by atoms with van der Waals surface area (Å²) in [6.45, 7) is 70.8. The predicted octanol–water partition coefficient (Wildman–Crippen LogP) is 22.8. The van der Waals surface area contributed by atoms with Crippen molar-refractivity contribution in [1.29, 1.82) is 0 Å². The third-order valence-corrected chi connectivity index (χ3v) is 28.2. The van der Waals surface area contributed by atoms with Gasteiger partial charge in [0.2, 0.25) is 0 Å². The molecule has 806 valence electrons. The number of imidazole rings is 1. The van der Waals surface area contributed by atoms with Crippen molar-refractivity contribution in [3.8, 4) is 0 Å². The number of oxazole rings is 1. The van der Waals surface area contributed by atoms with E-state index in [4.69, 9.17) is 20.3 Å². The molecule has 22 nitrogen and oxygen atoms in total. The van der Waals surface area contributed by atoms with Crippen molar-refractivity contribution < 1.29 is 24.2 Å². The van der Waals surface area contributed by atoms with Gasteiger partial charge in [0.25, 0.3) is 0 Å². The van der Waals surface area contributed by atoms with Crippen LogP contribution in [0.1, 0.15) is 428 Å². The van der Waals surface area contributed by atoms with Crippen LogP contribution in [0.4, 0.5) is 0 Å². The number of nitrogens with two attached hydrogens (primary N) is 2. The van der Waals surface area contributed by atoms with Crippen molar-refractivity contribution in [3.05, 3.63) is 83.6 Å². The molecule has 0 aromatic carbocycles. The van der Waals surface area contributed by atoms with E-state index in [1.165, 1.54) is 224 Å². The van der Waals surface area contributed by atoms with Gasteiger partial charge in [-0.2, -0.15) is 0 Å². The predicted molar refractivity (Wildman–Crippen MR) is 593 cm³/mol. The molecule has 137 heavy (non-hydrogen) atoms. The van der Waals surface area contributed by atoms with Gasteiger partial charge in [0, 0.05) is 120 Å². The van der Waals surface area contributed by atoms with Crippen LogP contribution in [-0.2, 0) is 26.3 Å². The molecular formula is C114H229N17O5S. The zero-order chi connectivity index (χ0) is 102. The summed E-state index contributed by atoms with van der Waals surface area (Å²) in [5, 5.41) is 71.6. The van der Waals surface area contributed by atoms with Crippen molar-refractivity contribution in [3.63, 3.8) is 0 Å². The van der Waals surface area contributed by atoms with Crippen molar-refractivity contribution >= 4 is 11.3 Å². The number of thiophene rings is 1. The van der Waals surface area contributed by atoms with Crippen molar-refractivity contribution in [2.24, 2.45) is 64.7 Å². The maximum atomic E-state index is 9.64. The van der Waals surface area contributed by atoms with Crippen LogP contribution >= 0.6 is 11.3 Å². The summed E-state index contributed by atoms with van der Waals surface area (Å²) in [6.07, 6.45) is 55.9. The highest BCUT2D eigenvalue weighted by molar-refractivity contribution is 7.09. The Morgan fingerprint density at radius 1 is 0.380 bits per heavy atom. The Morgan fingerprint density at radius 2 is 0.803 bits per heavy atom. The van der Waals surface area contributed by atoms with E-state index in [2.05, 4.69) is 278 Å². The summed E-state index contributed by atoms with van der Waals surface area (Å²) < 4.78 is 12.1. The molecule has 8 saturated carbocycles. The first-order chi connectivity index (χ1) is 65.1. The minimum atomic E-state index is -0.0509. The number of hydrogen-bond acceptors (Lipinski definition) is 22. The van der Waals surface area contributed by atoms with Crippen LogP contribution in [0.3, 0.4) is 0 Å². The van der Waals surface area contributed by atoms with E-state index in [9.17, 15) is 15.3 Å². The normalized spacial score (nSPS) is 23.3. The Morgan fingerprint density at radius 3 is 1.24 bits per heavy atom. The zero-order valence-electron chi connectivity index (χ0n) is 94.0. The van der Waals surface area contributed by atoms with Gasteiger partial charge in [-0.25, -0.2) is 9.97 Å². The van der Waals surface area contributed by atoms with E-state index in [-0.39, 0.29) is 18.3 Å². The smallest absolute Gasteiger partial charge is 0.180 e. The van der Waals surface area contributed by atoms with E-state index >= 15 is 0 Å². The van der Waals surface area contributed by atoms with Crippen molar-refractivity contribution in [2.45, 2.75) is 546 Å². The van der Waals surface area contributed by atoms with Crippen LogP contribution in [0.5, 0.6) is 0 Å². The molecule has 0 bridgehead atoms. The van der Waals surface area contributed by atoms with Gasteiger partial charge in [-0.1, -0.05) is 255 Å². The quantitative estimate of drug-likeness (QED) is 0.0188. The molecular weight excluding hydrogens is 1720 g/mol. The van der Waals surface area contributed by atoms with Crippen LogP contribution in [0.15, 0.2) is 76.1 Å². The van der Waals surface area contributed by atoms with Crippen LogP contribution in [0.25, 0.3) is 0 Å². The molecule has 19 N–H and O–H groups in total. The molecule has 0 saturated heterocycles. The highest BCUT2D eigenvalue weighted by atomic mass is 32.1. The van der Waals surface area contributed by atoms with Gasteiger partial charge in [0.05, 0.1) is 56.9 Å². The first kappa shape index (κ1) is 132. The van der Waals surface area contributed by atoms with Gasteiger partial charge in [-0.05, 0) is 279 Å². The monoisotopic (exact) mass is 1950 g/mol. The average Bonchev–Trinajstić information content (AvgIpc) is 0.998. The lowest BCUT2D eigenvalue weighted by Gasteiger charge is -2.39. The van der Waals surface area contributed by atoms with Gasteiger partial charge in [0.1, 0.15) is 11.5 Å². The molecule has 23 heteroatoms. The SMILES string of the molecule is CC(C)NC(C)(C)C1CCCCC1.CC(C)NCC1CCC(N)CC1.CC(C)NCC1CCC(O)CC1.CC(C)NCC1CCCC(N)C1.CC(C)NCC1CCCC(O)C1.CC(C)NCC1CCCCC1C.CC(C)NCC1CCCCC1O.CC(C)NCC1CCCCCC1.CC(C)NCc1ccco1.CC(C)NCc1cccs1.CC(C)NCc1cnco1.CC(C)NCn1ccnc1. The molecule has 12 rings (SSSR count). The molecule has 8 aliphatic carbocycles. The second-order valence-corrected chi connectivity index (χ2v) is 47.1. The molecule has 0 amide bonds. The number of aromatic nitrogens is 3. The number of nitrogens with one attached hydrogen (secondary N) is 12. The summed E-state index contributed by atoms with van der Waals surface area (Å²) in [4.78, 5) is 9.13. The second-order valence-electron chi connectivity index (χ2n) is 46.0. The molecule has 0 radical (unpaired) electrons. The minimum absolute atomic E-state index is 0.0136. The highest BCUT2D eigenvalue weighted by Gasteiger charge is 2.31. The second kappa shape index (κ2) is 82.8. The Labute approximate surface area is 849 Å². The third kappa shape index (κ3) is 78.7. The number of aliphatic hydroxyl groups is 3. The Balaban J connectivity index is 0.000000748. The van der Waals surface area contributed by atoms with E-state index in [1.807, 2.05) is 22.9 Å². The number of aliphatic hydroxyl groups excluding tert-OH is 3. The average molecular weight is 1950 g/mol. The lowest BCUT2D eigenvalue weighted by atomic mass is 9.76. The molecule has 0 spiro atoms. The molecule has 8 aliphatic rings. The number of nitrogens with zero attached hydrogens (tertiary/aromatic N) is 3. The maximum Gasteiger partial charge on any atom is 0.180 e. The summed E-state index contributed by atoms with van der Waals surface area (Å²) in [5.74, 6) is 9.35. The Bertz CT molecular complexity index is 2850. The van der Waals surface area contributed by atoms with Crippen LogP contribution in [-0.4, -0.2) is 184 Å². The third-order valence-electron chi connectivity index (χ3n) is 27.3. The molecule has 4 heterocycles. The Hall–Kier alpha value is -3.28. The number of furan rings is 1. The summed E-state index contributed by atoms with van der Waals surface area (Å²) in [5.41, 5.74) is 12.1. The van der Waals surface area contributed by atoms with E-state index < -0.39 is 0 Å².